The average molecular weight is 212 g/mol. The molecule has 92 valence electrons. The highest BCUT2D eigenvalue weighted by Crippen LogP contribution is 2.25. The lowest BCUT2D eigenvalue weighted by atomic mass is 9.86. The molecule has 2 atom stereocenters. The summed E-state index contributed by atoms with van der Waals surface area (Å²) in [6.45, 7) is 14.1. The van der Waals surface area contributed by atoms with Crippen LogP contribution >= 0.6 is 0 Å². The first-order chi connectivity index (χ1) is 6.85. The van der Waals surface area contributed by atoms with Crippen LogP contribution in [0.25, 0.3) is 0 Å². The van der Waals surface area contributed by atoms with E-state index < -0.39 is 0 Å². The van der Waals surface area contributed by atoms with Crippen molar-refractivity contribution in [3.8, 4) is 0 Å². The first-order valence-corrected chi connectivity index (χ1v) is 6.85. The highest BCUT2D eigenvalue weighted by atomic mass is 14.2. The molecule has 0 N–H and O–H groups in total. The van der Waals surface area contributed by atoms with Crippen LogP contribution in [0.15, 0.2) is 0 Å². The van der Waals surface area contributed by atoms with Gasteiger partial charge in [0.25, 0.3) is 0 Å². The van der Waals surface area contributed by atoms with E-state index in [9.17, 15) is 0 Å². The Kier molecular flexibility index (Phi) is 7.30. The maximum absolute atomic E-state index is 2.42. The van der Waals surface area contributed by atoms with Crippen LogP contribution in [0.5, 0.6) is 0 Å². The summed E-state index contributed by atoms with van der Waals surface area (Å²) in [6.07, 6.45) is 8.40. The van der Waals surface area contributed by atoms with Gasteiger partial charge in [-0.05, 0) is 23.7 Å². The van der Waals surface area contributed by atoms with Gasteiger partial charge in [0.2, 0.25) is 0 Å². The molecule has 0 aliphatic heterocycles. The van der Waals surface area contributed by atoms with Crippen LogP contribution in [0, 0.1) is 17.3 Å². The quantitative estimate of drug-likeness (QED) is 0.510. The molecule has 0 aromatic carbocycles. The topological polar surface area (TPSA) is 0 Å². The number of hydrogen-bond donors (Lipinski definition) is 0. The summed E-state index contributed by atoms with van der Waals surface area (Å²) in [7, 11) is 0. The average Bonchev–Trinajstić information content (AvgIpc) is 2.12. The van der Waals surface area contributed by atoms with Crippen molar-refractivity contribution in [2.45, 2.75) is 80.1 Å². The van der Waals surface area contributed by atoms with Gasteiger partial charge >= 0.3 is 0 Å². The zero-order valence-electron chi connectivity index (χ0n) is 11.9. The smallest absolute Gasteiger partial charge is 0.0383 e. The second kappa shape index (κ2) is 7.30. The fourth-order valence-corrected chi connectivity index (χ4v) is 1.90. The summed E-state index contributed by atoms with van der Waals surface area (Å²) >= 11 is 0. The SMILES string of the molecule is CCC(C)CCC(C)CCCC(C)(C)C. The Morgan fingerprint density at radius 1 is 0.867 bits per heavy atom. The van der Waals surface area contributed by atoms with Gasteiger partial charge in [0.15, 0.2) is 0 Å². The van der Waals surface area contributed by atoms with Crippen molar-refractivity contribution in [1.82, 2.24) is 0 Å². The minimum atomic E-state index is 0.524. The predicted octanol–water partition coefficient (Wildman–Crippen LogP) is 5.67. The van der Waals surface area contributed by atoms with E-state index in [4.69, 9.17) is 0 Å². The molecule has 0 aromatic rings. The van der Waals surface area contributed by atoms with E-state index in [1.54, 1.807) is 0 Å². The Labute approximate surface area is 97.8 Å². The van der Waals surface area contributed by atoms with Crippen LogP contribution in [0.1, 0.15) is 80.1 Å². The molecule has 0 aliphatic rings. The molecule has 0 aromatic heterocycles. The minimum absolute atomic E-state index is 0.524. The van der Waals surface area contributed by atoms with Crippen molar-refractivity contribution < 1.29 is 0 Å². The molecule has 0 rings (SSSR count). The van der Waals surface area contributed by atoms with E-state index in [2.05, 4.69) is 41.5 Å². The molecule has 0 saturated heterocycles. The third-order valence-electron chi connectivity index (χ3n) is 3.47. The lowest BCUT2D eigenvalue weighted by Gasteiger charge is -2.20. The van der Waals surface area contributed by atoms with E-state index in [0.717, 1.165) is 11.8 Å². The molecular formula is C15H32. The fourth-order valence-electron chi connectivity index (χ4n) is 1.90. The van der Waals surface area contributed by atoms with Crippen molar-refractivity contribution in [1.29, 1.82) is 0 Å². The summed E-state index contributed by atoms with van der Waals surface area (Å²) in [5.41, 5.74) is 0.524. The molecule has 0 heterocycles. The lowest BCUT2D eigenvalue weighted by molar-refractivity contribution is 0.329. The first-order valence-electron chi connectivity index (χ1n) is 6.85. The van der Waals surface area contributed by atoms with E-state index in [-0.39, 0.29) is 0 Å². The summed E-state index contributed by atoms with van der Waals surface area (Å²) in [5.74, 6) is 1.86. The Bertz CT molecular complexity index is 141. The molecule has 0 fully saturated rings. The van der Waals surface area contributed by atoms with Crippen LogP contribution < -0.4 is 0 Å². The number of rotatable bonds is 7. The van der Waals surface area contributed by atoms with Crippen LogP contribution in [0.3, 0.4) is 0 Å². The monoisotopic (exact) mass is 212 g/mol. The zero-order chi connectivity index (χ0) is 11.9. The Morgan fingerprint density at radius 3 is 1.87 bits per heavy atom. The molecule has 0 radical (unpaired) electrons. The van der Waals surface area contributed by atoms with E-state index in [0.29, 0.717) is 5.41 Å². The van der Waals surface area contributed by atoms with Gasteiger partial charge in [0.1, 0.15) is 0 Å². The Balaban J connectivity index is 3.45. The van der Waals surface area contributed by atoms with E-state index in [1.165, 1.54) is 38.5 Å². The third kappa shape index (κ3) is 10.3. The molecule has 0 aliphatic carbocycles. The first kappa shape index (κ1) is 15.0. The van der Waals surface area contributed by atoms with Crippen molar-refractivity contribution in [2.24, 2.45) is 17.3 Å². The normalized spacial score (nSPS) is 16.4. The van der Waals surface area contributed by atoms with Crippen molar-refractivity contribution >= 4 is 0 Å². The zero-order valence-corrected chi connectivity index (χ0v) is 11.9. The predicted molar refractivity (Wildman–Crippen MR) is 71.2 cm³/mol. The summed E-state index contributed by atoms with van der Waals surface area (Å²) in [5, 5.41) is 0. The molecule has 0 amide bonds. The second-order valence-electron chi connectivity index (χ2n) is 6.65. The van der Waals surface area contributed by atoms with Gasteiger partial charge in [0, 0.05) is 0 Å². The van der Waals surface area contributed by atoms with Crippen LogP contribution in [-0.4, -0.2) is 0 Å². The van der Waals surface area contributed by atoms with E-state index >= 15 is 0 Å². The molecule has 15 heavy (non-hydrogen) atoms. The molecule has 0 saturated carbocycles. The molecule has 0 bridgehead atoms. The van der Waals surface area contributed by atoms with Gasteiger partial charge in [-0.2, -0.15) is 0 Å². The maximum atomic E-state index is 2.42. The molecule has 0 nitrogen and oxygen atoms in total. The summed E-state index contributed by atoms with van der Waals surface area (Å²) < 4.78 is 0. The van der Waals surface area contributed by atoms with Gasteiger partial charge < -0.3 is 0 Å². The third-order valence-corrected chi connectivity index (χ3v) is 3.47. The van der Waals surface area contributed by atoms with Crippen LogP contribution in [-0.2, 0) is 0 Å². The lowest BCUT2D eigenvalue weighted by Crippen LogP contribution is -2.06. The van der Waals surface area contributed by atoms with Crippen molar-refractivity contribution in [2.75, 3.05) is 0 Å². The highest BCUT2D eigenvalue weighted by Gasteiger charge is 2.11. The summed E-state index contributed by atoms with van der Waals surface area (Å²) in [4.78, 5) is 0. The highest BCUT2D eigenvalue weighted by molar-refractivity contribution is 4.63. The van der Waals surface area contributed by atoms with Gasteiger partial charge in [0.05, 0.1) is 0 Å². The Hall–Kier alpha value is 0. The van der Waals surface area contributed by atoms with E-state index in [1.807, 2.05) is 0 Å². The van der Waals surface area contributed by atoms with Crippen LogP contribution in [0.4, 0.5) is 0 Å². The summed E-state index contributed by atoms with van der Waals surface area (Å²) in [6, 6.07) is 0. The standard InChI is InChI=1S/C15H32/c1-7-13(2)10-11-14(3)9-8-12-15(4,5)6/h13-14H,7-12H2,1-6H3. The van der Waals surface area contributed by atoms with Crippen LogP contribution in [0.2, 0.25) is 0 Å². The molecule has 0 spiro atoms. The molecule has 0 heteroatoms. The second-order valence-corrected chi connectivity index (χ2v) is 6.65. The largest absolute Gasteiger partial charge is 0.0651 e. The van der Waals surface area contributed by atoms with Gasteiger partial charge in [-0.15, -0.1) is 0 Å². The molecular weight excluding hydrogens is 180 g/mol. The van der Waals surface area contributed by atoms with Crippen molar-refractivity contribution in [3.63, 3.8) is 0 Å². The van der Waals surface area contributed by atoms with Gasteiger partial charge in [-0.3, -0.25) is 0 Å². The van der Waals surface area contributed by atoms with Gasteiger partial charge in [-0.25, -0.2) is 0 Å². The fraction of sp³-hybridized carbons (Fsp3) is 1.00. The molecule has 2 unspecified atom stereocenters. The van der Waals surface area contributed by atoms with Gasteiger partial charge in [-0.1, -0.05) is 73.6 Å². The minimum Gasteiger partial charge on any atom is -0.0651 e. The maximum Gasteiger partial charge on any atom is -0.0383 e. The Morgan fingerprint density at radius 2 is 1.40 bits per heavy atom. The van der Waals surface area contributed by atoms with Crippen molar-refractivity contribution in [3.05, 3.63) is 0 Å². The number of hydrogen-bond acceptors (Lipinski definition) is 0.